The van der Waals surface area contributed by atoms with Gasteiger partial charge in [-0.05, 0) is 17.7 Å². The molecular formula is C12H9ClN2O4. The minimum atomic E-state index is -0.588. The van der Waals surface area contributed by atoms with Gasteiger partial charge in [-0.3, -0.25) is 10.1 Å². The van der Waals surface area contributed by atoms with Crippen molar-refractivity contribution in [2.24, 2.45) is 0 Å². The molecule has 0 aliphatic rings. The second-order valence-electron chi connectivity index (χ2n) is 3.65. The Morgan fingerprint density at radius 3 is 2.84 bits per heavy atom. The number of hydrogen-bond donors (Lipinski definition) is 1. The minimum Gasteiger partial charge on any atom is -0.438 e. The Bertz CT molecular complexity index is 618. The van der Waals surface area contributed by atoms with Crippen LogP contribution in [0.4, 0.5) is 5.69 Å². The SMILES string of the molecule is O=[N+]([O-])c1cnc(Oc2cccc(CO)c2)c(Cl)c1. The zero-order valence-electron chi connectivity index (χ0n) is 9.62. The number of rotatable bonds is 4. The van der Waals surface area contributed by atoms with Gasteiger partial charge in [-0.15, -0.1) is 0 Å². The Balaban J connectivity index is 2.25. The molecule has 0 unspecified atom stereocenters. The zero-order chi connectivity index (χ0) is 13.8. The summed E-state index contributed by atoms with van der Waals surface area (Å²) < 4.78 is 5.41. The van der Waals surface area contributed by atoms with Crippen LogP contribution in [0, 0.1) is 10.1 Å². The van der Waals surface area contributed by atoms with Crippen molar-refractivity contribution in [2.45, 2.75) is 6.61 Å². The highest BCUT2D eigenvalue weighted by Gasteiger charge is 2.12. The molecule has 0 atom stereocenters. The second-order valence-corrected chi connectivity index (χ2v) is 4.05. The molecule has 0 spiro atoms. The maximum Gasteiger partial charge on any atom is 0.289 e. The van der Waals surface area contributed by atoms with E-state index in [1.807, 2.05) is 0 Å². The minimum absolute atomic E-state index is 0.0450. The summed E-state index contributed by atoms with van der Waals surface area (Å²) in [4.78, 5) is 13.7. The highest BCUT2D eigenvalue weighted by atomic mass is 35.5. The third-order valence-electron chi connectivity index (χ3n) is 2.30. The first-order valence-corrected chi connectivity index (χ1v) is 5.65. The van der Waals surface area contributed by atoms with Crippen LogP contribution in [0.5, 0.6) is 11.6 Å². The van der Waals surface area contributed by atoms with Gasteiger partial charge >= 0.3 is 0 Å². The van der Waals surface area contributed by atoms with E-state index in [4.69, 9.17) is 21.4 Å². The highest BCUT2D eigenvalue weighted by Crippen LogP contribution is 2.30. The van der Waals surface area contributed by atoms with Gasteiger partial charge in [0.25, 0.3) is 5.69 Å². The van der Waals surface area contributed by atoms with E-state index in [9.17, 15) is 10.1 Å². The van der Waals surface area contributed by atoms with Crippen molar-refractivity contribution in [3.63, 3.8) is 0 Å². The average molecular weight is 281 g/mol. The Hall–Kier alpha value is -2.18. The molecule has 2 rings (SSSR count). The van der Waals surface area contributed by atoms with E-state index in [1.165, 1.54) is 6.07 Å². The summed E-state index contributed by atoms with van der Waals surface area (Å²) in [6.45, 7) is -0.112. The van der Waals surface area contributed by atoms with E-state index in [2.05, 4.69) is 4.98 Å². The molecule has 0 aliphatic carbocycles. The number of benzene rings is 1. The topological polar surface area (TPSA) is 85.5 Å². The van der Waals surface area contributed by atoms with E-state index in [0.29, 0.717) is 11.3 Å². The standard InChI is InChI=1S/C12H9ClN2O4/c13-11-5-9(15(17)18)6-14-12(11)19-10-3-1-2-8(4-10)7-16/h1-6,16H,7H2. The van der Waals surface area contributed by atoms with Crippen molar-refractivity contribution < 1.29 is 14.8 Å². The predicted molar refractivity (Wildman–Crippen MR) is 68.3 cm³/mol. The number of nitro groups is 1. The van der Waals surface area contributed by atoms with E-state index in [-0.39, 0.29) is 23.2 Å². The van der Waals surface area contributed by atoms with Crippen LogP contribution in [0.1, 0.15) is 5.56 Å². The van der Waals surface area contributed by atoms with Gasteiger partial charge in [-0.1, -0.05) is 23.7 Å². The first kappa shape index (κ1) is 13.3. The lowest BCUT2D eigenvalue weighted by Crippen LogP contribution is -1.93. The summed E-state index contributed by atoms with van der Waals surface area (Å²) in [6.07, 6.45) is 1.07. The summed E-state index contributed by atoms with van der Waals surface area (Å²) in [5.74, 6) is 0.511. The van der Waals surface area contributed by atoms with Crippen LogP contribution in [0.15, 0.2) is 36.5 Å². The van der Waals surface area contributed by atoms with Crippen molar-refractivity contribution in [2.75, 3.05) is 0 Å². The fourth-order valence-corrected chi connectivity index (χ4v) is 1.61. The number of pyridine rings is 1. The maximum atomic E-state index is 10.5. The van der Waals surface area contributed by atoms with Crippen LogP contribution < -0.4 is 4.74 Å². The zero-order valence-corrected chi connectivity index (χ0v) is 10.4. The molecule has 7 heteroatoms. The molecule has 98 valence electrons. The second kappa shape index (κ2) is 5.64. The van der Waals surface area contributed by atoms with E-state index < -0.39 is 4.92 Å². The van der Waals surface area contributed by atoms with Crippen LogP contribution >= 0.6 is 11.6 Å². The van der Waals surface area contributed by atoms with Crippen LogP contribution in [0.25, 0.3) is 0 Å². The molecule has 0 amide bonds. The Labute approximate surface area is 113 Å². The Morgan fingerprint density at radius 1 is 1.42 bits per heavy atom. The summed E-state index contributed by atoms with van der Waals surface area (Å²) >= 11 is 5.86. The molecule has 1 N–H and O–H groups in total. The van der Waals surface area contributed by atoms with Crippen LogP contribution in [-0.4, -0.2) is 15.0 Å². The molecule has 0 aliphatic heterocycles. The van der Waals surface area contributed by atoms with Crippen LogP contribution in [0.2, 0.25) is 5.02 Å². The lowest BCUT2D eigenvalue weighted by Gasteiger charge is -2.07. The molecule has 0 saturated heterocycles. The van der Waals surface area contributed by atoms with Gasteiger partial charge in [0, 0.05) is 6.07 Å². The van der Waals surface area contributed by atoms with Crippen molar-refractivity contribution in [3.05, 3.63) is 57.2 Å². The maximum absolute atomic E-state index is 10.5. The molecule has 1 heterocycles. The first-order valence-electron chi connectivity index (χ1n) is 5.27. The van der Waals surface area contributed by atoms with Gasteiger partial charge in [0.2, 0.25) is 5.88 Å². The molecular weight excluding hydrogens is 272 g/mol. The molecule has 0 saturated carbocycles. The van der Waals surface area contributed by atoms with Gasteiger partial charge < -0.3 is 9.84 Å². The van der Waals surface area contributed by atoms with Crippen molar-refractivity contribution in [3.8, 4) is 11.6 Å². The first-order chi connectivity index (χ1) is 9.10. The molecule has 0 bridgehead atoms. The summed E-state index contributed by atoms with van der Waals surface area (Å²) in [6, 6.07) is 7.90. The largest absolute Gasteiger partial charge is 0.438 e. The van der Waals surface area contributed by atoms with Crippen LogP contribution in [0.3, 0.4) is 0 Å². The summed E-state index contributed by atoms with van der Waals surface area (Å²) in [5, 5.41) is 19.6. The van der Waals surface area contributed by atoms with Gasteiger partial charge in [0.15, 0.2) is 0 Å². The van der Waals surface area contributed by atoms with Crippen molar-refractivity contribution in [1.82, 2.24) is 4.98 Å². The highest BCUT2D eigenvalue weighted by molar-refractivity contribution is 6.32. The summed E-state index contributed by atoms with van der Waals surface area (Å²) in [7, 11) is 0. The average Bonchev–Trinajstić information content (AvgIpc) is 2.41. The monoisotopic (exact) mass is 280 g/mol. The Morgan fingerprint density at radius 2 is 2.21 bits per heavy atom. The number of aromatic nitrogens is 1. The quantitative estimate of drug-likeness (QED) is 0.687. The smallest absolute Gasteiger partial charge is 0.289 e. The molecule has 0 fully saturated rings. The molecule has 0 radical (unpaired) electrons. The fraction of sp³-hybridized carbons (Fsp3) is 0.0833. The van der Waals surface area contributed by atoms with E-state index in [1.54, 1.807) is 24.3 Å². The number of nitrogens with zero attached hydrogens (tertiary/aromatic N) is 2. The van der Waals surface area contributed by atoms with Crippen molar-refractivity contribution >= 4 is 17.3 Å². The van der Waals surface area contributed by atoms with Gasteiger partial charge in [0.1, 0.15) is 17.0 Å². The molecule has 2 aromatic rings. The van der Waals surface area contributed by atoms with E-state index >= 15 is 0 Å². The predicted octanol–water partition coefficient (Wildman–Crippen LogP) is 2.93. The number of aliphatic hydroxyl groups excluding tert-OH is 1. The molecule has 6 nitrogen and oxygen atoms in total. The van der Waals surface area contributed by atoms with Gasteiger partial charge in [0.05, 0.1) is 11.5 Å². The molecule has 19 heavy (non-hydrogen) atoms. The van der Waals surface area contributed by atoms with Crippen molar-refractivity contribution in [1.29, 1.82) is 0 Å². The molecule has 1 aromatic carbocycles. The van der Waals surface area contributed by atoms with Crippen LogP contribution in [-0.2, 0) is 6.61 Å². The normalized spacial score (nSPS) is 10.2. The Kier molecular flexibility index (Phi) is 3.94. The van der Waals surface area contributed by atoms with Gasteiger partial charge in [-0.25, -0.2) is 4.98 Å². The number of aliphatic hydroxyl groups is 1. The molecule has 1 aromatic heterocycles. The third-order valence-corrected chi connectivity index (χ3v) is 2.57. The van der Waals surface area contributed by atoms with E-state index in [0.717, 1.165) is 6.20 Å². The number of halogens is 1. The lowest BCUT2D eigenvalue weighted by atomic mass is 10.2. The fourth-order valence-electron chi connectivity index (χ4n) is 1.41. The van der Waals surface area contributed by atoms with Gasteiger partial charge in [-0.2, -0.15) is 0 Å². The lowest BCUT2D eigenvalue weighted by molar-refractivity contribution is -0.385. The number of hydrogen-bond acceptors (Lipinski definition) is 5. The third kappa shape index (κ3) is 3.18. The summed E-state index contributed by atoms with van der Waals surface area (Å²) in [5.41, 5.74) is 0.469. The number of ether oxygens (including phenoxy) is 1.